The van der Waals surface area contributed by atoms with E-state index in [1.54, 1.807) is 0 Å². The van der Waals surface area contributed by atoms with E-state index in [1.165, 1.54) is 11.1 Å². The Bertz CT molecular complexity index is 459. The van der Waals surface area contributed by atoms with E-state index in [0.717, 1.165) is 41.4 Å². The predicted octanol–water partition coefficient (Wildman–Crippen LogP) is 3.82. The van der Waals surface area contributed by atoms with Gasteiger partial charge in [-0.2, -0.15) is 0 Å². The molecule has 1 aliphatic heterocycles. The molecule has 0 radical (unpaired) electrons. The molecule has 104 valence electrons. The maximum absolute atomic E-state index is 10.9. The third-order valence-corrected chi connectivity index (χ3v) is 5.33. The van der Waals surface area contributed by atoms with Gasteiger partial charge in [-0.1, -0.05) is 31.9 Å². The van der Waals surface area contributed by atoms with Gasteiger partial charge in [0.2, 0.25) is 0 Å². The minimum atomic E-state index is -0.652. The lowest BCUT2D eigenvalue weighted by Crippen LogP contribution is -2.35. The van der Waals surface area contributed by atoms with Crippen LogP contribution in [-0.4, -0.2) is 29.1 Å². The highest BCUT2D eigenvalue weighted by Gasteiger charge is 2.24. The van der Waals surface area contributed by atoms with E-state index in [4.69, 9.17) is 5.11 Å². The number of nitrogens with zero attached hydrogens (tertiary/aromatic N) is 1. The van der Waals surface area contributed by atoms with Crippen molar-refractivity contribution in [2.45, 2.75) is 26.3 Å². The molecule has 0 spiro atoms. The molecule has 0 aliphatic carbocycles. The predicted molar refractivity (Wildman–Crippen MR) is 82.2 cm³/mol. The molecular formula is C14H17Br2NO2. The average molecular weight is 391 g/mol. The quantitative estimate of drug-likeness (QED) is 0.852. The van der Waals surface area contributed by atoms with E-state index < -0.39 is 5.97 Å². The van der Waals surface area contributed by atoms with Crippen LogP contribution >= 0.6 is 31.9 Å². The van der Waals surface area contributed by atoms with Crippen LogP contribution in [0.3, 0.4) is 0 Å². The summed E-state index contributed by atoms with van der Waals surface area (Å²) in [5.41, 5.74) is 2.45. The summed E-state index contributed by atoms with van der Waals surface area (Å²) in [7, 11) is 0. The summed E-state index contributed by atoms with van der Waals surface area (Å²) in [4.78, 5) is 13.2. The number of carbonyl (C=O) groups is 1. The van der Waals surface area contributed by atoms with Crippen LogP contribution in [-0.2, 0) is 11.3 Å². The molecule has 0 unspecified atom stereocenters. The lowest BCUT2D eigenvalue weighted by molar-refractivity contribution is -0.143. The summed E-state index contributed by atoms with van der Waals surface area (Å²) in [5, 5.41) is 8.99. The summed E-state index contributed by atoms with van der Waals surface area (Å²) in [5.74, 6) is -0.812. The monoisotopic (exact) mass is 389 g/mol. The molecule has 5 heteroatoms. The summed E-state index contributed by atoms with van der Waals surface area (Å²) in [6, 6.07) is 4.28. The molecule has 2 rings (SSSR count). The number of carboxylic acids is 1. The van der Waals surface area contributed by atoms with Gasteiger partial charge in [-0.25, -0.2) is 0 Å². The number of rotatable bonds is 3. The highest BCUT2D eigenvalue weighted by Crippen LogP contribution is 2.28. The highest BCUT2D eigenvalue weighted by atomic mass is 79.9. The van der Waals surface area contributed by atoms with Crippen LogP contribution < -0.4 is 0 Å². The van der Waals surface area contributed by atoms with E-state index in [2.05, 4.69) is 55.8 Å². The topological polar surface area (TPSA) is 40.5 Å². The number of likely N-dealkylation sites (tertiary alicyclic amines) is 1. The van der Waals surface area contributed by atoms with Gasteiger partial charge in [-0.05, 0) is 56.1 Å². The molecule has 3 nitrogen and oxygen atoms in total. The second-order valence-corrected chi connectivity index (χ2v) is 6.78. The molecule has 1 aliphatic rings. The Kier molecular flexibility index (Phi) is 5.03. The molecule has 0 saturated carbocycles. The maximum atomic E-state index is 10.9. The zero-order valence-corrected chi connectivity index (χ0v) is 14.0. The molecule has 1 saturated heterocycles. The number of halogens is 2. The number of hydrogen-bond acceptors (Lipinski definition) is 2. The van der Waals surface area contributed by atoms with Crippen molar-refractivity contribution in [2.24, 2.45) is 5.92 Å². The van der Waals surface area contributed by atoms with E-state index >= 15 is 0 Å². The van der Waals surface area contributed by atoms with Gasteiger partial charge in [0.15, 0.2) is 0 Å². The average Bonchev–Trinajstić information content (AvgIpc) is 2.36. The van der Waals surface area contributed by atoms with Gasteiger partial charge < -0.3 is 5.11 Å². The zero-order valence-electron chi connectivity index (χ0n) is 10.8. The second kappa shape index (κ2) is 6.37. The summed E-state index contributed by atoms with van der Waals surface area (Å²) < 4.78 is 2.22. The van der Waals surface area contributed by atoms with Gasteiger partial charge in [0, 0.05) is 15.5 Å². The molecular weight excluding hydrogens is 374 g/mol. The molecule has 1 fully saturated rings. The van der Waals surface area contributed by atoms with Crippen molar-refractivity contribution >= 4 is 37.8 Å². The van der Waals surface area contributed by atoms with Gasteiger partial charge in [0.05, 0.1) is 5.92 Å². The standard InChI is InChI=1S/C14H17Br2NO2/c1-9-12(15)6-10(7-13(9)16)8-17-4-2-11(3-5-17)14(18)19/h6-7,11H,2-5,8H2,1H3,(H,18,19). The molecule has 1 N–H and O–H groups in total. The van der Waals surface area contributed by atoms with E-state index in [1.807, 2.05) is 0 Å². The van der Waals surface area contributed by atoms with Crippen molar-refractivity contribution in [3.8, 4) is 0 Å². The van der Waals surface area contributed by atoms with Crippen molar-refractivity contribution < 1.29 is 9.90 Å². The Morgan fingerprint density at radius 1 is 1.32 bits per heavy atom. The largest absolute Gasteiger partial charge is 0.481 e. The normalized spacial score (nSPS) is 17.6. The molecule has 0 aromatic heterocycles. The minimum Gasteiger partial charge on any atom is -0.481 e. The fraction of sp³-hybridized carbons (Fsp3) is 0.500. The van der Waals surface area contributed by atoms with Crippen molar-refractivity contribution in [3.63, 3.8) is 0 Å². The Labute approximate surface area is 130 Å². The van der Waals surface area contributed by atoms with Crippen molar-refractivity contribution in [1.82, 2.24) is 4.90 Å². The second-order valence-electron chi connectivity index (χ2n) is 5.07. The Hall–Kier alpha value is -0.390. The first-order valence-electron chi connectivity index (χ1n) is 6.37. The first kappa shape index (κ1) is 15.0. The van der Waals surface area contributed by atoms with Gasteiger partial charge in [-0.3, -0.25) is 9.69 Å². The van der Waals surface area contributed by atoms with Crippen LogP contribution in [0.5, 0.6) is 0 Å². The molecule has 1 aromatic carbocycles. The number of piperidine rings is 1. The maximum Gasteiger partial charge on any atom is 0.306 e. The Morgan fingerprint density at radius 3 is 2.32 bits per heavy atom. The van der Waals surface area contributed by atoms with Crippen molar-refractivity contribution in [2.75, 3.05) is 13.1 Å². The molecule has 0 bridgehead atoms. The lowest BCUT2D eigenvalue weighted by atomic mass is 9.97. The molecule has 1 aromatic rings. The molecule has 1 heterocycles. The van der Waals surface area contributed by atoms with E-state index in [-0.39, 0.29) is 5.92 Å². The number of hydrogen-bond donors (Lipinski definition) is 1. The molecule has 19 heavy (non-hydrogen) atoms. The fourth-order valence-electron chi connectivity index (χ4n) is 2.39. The zero-order chi connectivity index (χ0) is 14.0. The number of aliphatic carboxylic acids is 1. The van der Waals surface area contributed by atoms with Gasteiger partial charge in [-0.15, -0.1) is 0 Å². The Morgan fingerprint density at radius 2 is 1.84 bits per heavy atom. The first-order chi connectivity index (χ1) is 8.97. The first-order valence-corrected chi connectivity index (χ1v) is 7.95. The summed E-state index contributed by atoms with van der Waals surface area (Å²) >= 11 is 7.13. The van der Waals surface area contributed by atoms with Crippen LogP contribution in [0.4, 0.5) is 0 Å². The van der Waals surface area contributed by atoms with Crippen LogP contribution in [0, 0.1) is 12.8 Å². The Balaban J connectivity index is 1.98. The molecule has 0 atom stereocenters. The van der Waals surface area contributed by atoms with Crippen LogP contribution in [0.1, 0.15) is 24.0 Å². The SMILES string of the molecule is Cc1c(Br)cc(CN2CCC(C(=O)O)CC2)cc1Br. The van der Waals surface area contributed by atoms with Crippen molar-refractivity contribution in [1.29, 1.82) is 0 Å². The third-order valence-electron chi connectivity index (χ3n) is 3.68. The van der Waals surface area contributed by atoms with Gasteiger partial charge >= 0.3 is 5.97 Å². The fourth-order valence-corrected chi connectivity index (χ4v) is 3.67. The van der Waals surface area contributed by atoms with Crippen LogP contribution in [0.25, 0.3) is 0 Å². The van der Waals surface area contributed by atoms with Crippen LogP contribution in [0.2, 0.25) is 0 Å². The number of benzene rings is 1. The lowest BCUT2D eigenvalue weighted by Gasteiger charge is -2.30. The van der Waals surface area contributed by atoms with Crippen LogP contribution in [0.15, 0.2) is 21.1 Å². The summed E-state index contributed by atoms with van der Waals surface area (Å²) in [6.07, 6.45) is 1.51. The van der Waals surface area contributed by atoms with E-state index in [9.17, 15) is 4.79 Å². The highest BCUT2D eigenvalue weighted by molar-refractivity contribution is 9.11. The smallest absolute Gasteiger partial charge is 0.306 e. The van der Waals surface area contributed by atoms with Gasteiger partial charge in [0.1, 0.15) is 0 Å². The summed E-state index contributed by atoms with van der Waals surface area (Å²) in [6.45, 7) is 4.67. The van der Waals surface area contributed by atoms with Gasteiger partial charge in [0.25, 0.3) is 0 Å². The van der Waals surface area contributed by atoms with E-state index in [0.29, 0.717) is 0 Å². The number of carboxylic acid groups (broad SMARTS) is 1. The minimum absolute atomic E-state index is 0.159. The third kappa shape index (κ3) is 3.80. The van der Waals surface area contributed by atoms with Crippen molar-refractivity contribution in [3.05, 3.63) is 32.2 Å². The molecule has 0 amide bonds.